The van der Waals surface area contributed by atoms with Crippen molar-refractivity contribution < 1.29 is 23.9 Å². The van der Waals surface area contributed by atoms with Gasteiger partial charge in [0.25, 0.3) is 0 Å². The van der Waals surface area contributed by atoms with Gasteiger partial charge in [0.05, 0.1) is 19.6 Å². The van der Waals surface area contributed by atoms with E-state index in [2.05, 4.69) is 13.5 Å². The fourth-order valence-corrected chi connectivity index (χ4v) is 5.29. The summed E-state index contributed by atoms with van der Waals surface area (Å²) in [7, 11) is 3.39. The van der Waals surface area contributed by atoms with E-state index in [-0.39, 0.29) is 29.7 Å². The molecule has 32 heavy (non-hydrogen) atoms. The van der Waals surface area contributed by atoms with E-state index in [9.17, 15) is 14.4 Å². The zero-order valence-corrected chi connectivity index (χ0v) is 20.6. The lowest BCUT2D eigenvalue weighted by Crippen LogP contribution is -2.37. The molecule has 0 bridgehead atoms. The lowest BCUT2D eigenvalue weighted by Gasteiger charge is -2.37. The van der Waals surface area contributed by atoms with Gasteiger partial charge in [0.1, 0.15) is 0 Å². The van der Waals surface area contributed by atoms with Crippen molar-refractivity contribution in [2.24, 2.45) is 29.6 Å². The summed E-state index contributed by atoms with van der Waals surface area (Å²) in [4.78, 5) is 38.0. The number of carbonyl (C=O) groups excluding carboxylic acids is 3. The van der Waals surface area contributed by atoms with Crippen LogP contribution in [0, 0.1) is 29.6 Å². The molecule has 0 aromatic carbocycles. The van der Waals surface area contributed by atoms with Gasteiger partial charge in [0.15, 0.2) is 0 Å². The summed E-state index contributed by atoms with van der Waals surface area (Å²) in [5, 5.41) is 0. The maximum absolute atomic E-state index is 12.9. The van der Waals surface area contributed by atoms with E-state index < -0.39 is 0 Å². The molecule has 0 radical (unpaired) electrons. The molecule has 6 heteroatoms. The number of nitrogens with zero attached hydrogens (tertiary/aromatic N) is 1. The molecular formula is C26H43NO5. The van der Waals surface area contributed by atoms with E-state index in [1.165, 1.54) is 7.11 Å². The maximum atomic E-state index is 12.9. The lowest BCUT2D eigenvalue weighted by molar-refractivity contribution is -0.147. The molecule has 1 amide bonds. The predicted octanol–water partition coefficient (Wildman–Crippen LogP) is 4.77. The highest BCUT2D eigenvalue weighted by Gasteiger charge is 2.35. The second-order valence-corrected chi connectivity index (χ2v) is 10.1. The average molecular weight is 450 g/mol. The fraction of sp³-hybridized carbons (Fsp3) is 0.808. The second-order valence-electron chi connectivity index (χ2n) is 10.1. The standard InChI is InChI=1S/C26H43NO5/c1-18(2)25(29)32-17-15-19(3)14-16-27(4)24(28)22-10-6-20(7-11-22)21-8-12-23(13-9-21)26(30)31-5/h19-23H,1,6-17H2,2-5H3. The topological polar surface area (TPSA) is 72.9 Å². The van der Waals surface area contributed by atoms with Gasteiger partial charge >= 0.3 is 11.9 Å². The van der Waals surface area contributed by atoms with Gasteiger partial charge in [-0.1, -0.05) is 13.5 Å². The summed E-state index contributed by atoms with van der Waals surface area (Å²) in [5.41, 5.74) is 0.423. The number of rotatable bonds is 10. The van der Waals surface area contributed by atoms with Gasteiger partial charge in [-0.3, -0.25) is 9.59 Å². The third-order valence-electron chi connectivity index (χ3n) is 7.62. The molecule has 1 atom stereocenters. The minimum Gasteiger partial charge on any atom is -0.469 e. The van der Waals surface area contributed by atoms with Crippen LogP contribution in [0.1, 0.15) is 78.1 Å². The predicted molar refractivity (Wildman–Crippen MR) is 125 cm³/mol. The summed E-state index contributed by atoms with van der Waals surface area (Å²) in [5.74, 6) is 1.91. The van der Waals surface area contributed by atoms with Gasteiger partial charge in [-0.25, -0.2) is 4.79 Å². The van der Waals surface area contributed by atoms with Crippen LogP contribution >= 0.6 is 0 Å². The highest BCUT2D eigenvalue weighted by Crippen LogP contribution is 2.41. The Balaban J connectivity index is 1.64. The Kier molecular flexibility index (Phi) is 10.7. The molecule has 2 aliphatic rings. The molecule has 2 saturated carbocycles. The van der Waals surface area contributed by atoms with E-state index in [1.807, 2.05) is 11.9 Å². The number of esters is 2. The Morgan fingerprint density at radius 2 is 1.47 bits per heavy atom. The van der Waals surface area contributed by atoms with Crippen LogP contribution in [0.5, 0.6) is 0 Å². The Hall–Kier alpha value is -1.85. The van der Waals surface area contributed by atoms with Crippen molar-refractivity contribution in [1.82, 2.24) is 4.90 Å². The van der Waals surface area contributed by atoms with Crippen LogP contribution in [-0.4, -0.2) is 50.1 Å². The van der Waals surface area contributed by atoms with Gasteiger partial charge in [0, 0.05) is 25.1 Å². The number of hydrogen-bond donors (Lipinski definition) is 0. The summed E-state index contributed by atoms with van der Waals surface area (Å²) < 4.78 is 10.1. The summed E-state index contributed by atoms with van der Waals surface area (Å²) >= 11 is 0. The quantitative estimate of drug-likeness (QED) is 0.355. The SMILES string of the molecule is C=C(C)C(=O)OCCC(C)CCN(C)C(=O)C1CCC(C2CCC(C(=O)OC)CC2)CC1. The zero-order chi connectivity index (χ0) is 23.7. The lowest BCUT2D eigenvalue weighted by atomic mass is 9.69. The molecule has 6 nitrogen and oxygen atoms in total. The monoisotopic (exact) mass is 449 g/mol. The first-order chi connectivity index (χ1) is 15.2. The molecule has 0 heterocycles. The zero-order valence-electron chi connectivity index (χ0n) is 20.6. The third kappa shape index (κ3) is 7.93. The third-order valence-corrected chi connectivity index (χ3v) is 7.62. The molecule has 0 saturated heterocycles. The van der Waals surface area contributed by atoms with Crippen LogP contribution in [0.3, 0.4) is 0 Å². The van der Waals surface area contributed by atoms with Crippen molar-refractivity contribution in [3.05, 3.63) is 12.2 Å². The number of carbonyl (C=O) groups is 3. The van der Waals surface area contributed by atoms with Crippen molar-refractivity contribution in [2.45, 2.75) is 78.1 Å². The van der Waals surface area contributed by atoms with Gasteiger partial charge < -0.3 is 14.4 Å². The summed E-state index contributed by atoms with van der Waals surface area (Å²) in [6, 6.07) is 0. The Morgan fingerprint density at radius 1 is 0.938 bits per heavy atom. The van der Waals surface area contributed by atoms with Crippen molar-refractivity contribution >= 4 is 17.8 Å². The van der Waals surface area contributed by atoms with Crippen LogP contribution in [0.25, 0.3) is 0 Å². The van der Waals surface area contributed by atoms with E-state index in [1.54, 1.807) is 6.92 Å². The molecule has 0 aromatic rings. The van der Waals surface area contributed by atoms with Crippen molar-refractivity contribution in [1.29, 1.82) is 0 Å². The number of methoxy groups -OCH3 is 1. The van der Waals surface area contributed by atoms with Crippen molar-refractivity contribution in [3.63, 3.8) is 0 Å². The number of amides is 1. The van der Waals surface area contributed by atoms with Gasteiger partial charge in [-0.15, -0.1) is 0 Å². The minimum absolute atomic E-state index is 0.0528. The smallest absolute Gasteiger partial charge is 0.333 e. The first-order valence-corrected chi connectivity index (χ1v) is 12.4. The molecule has 2 aliphatic carbocycles. The molecule has 0 spiro atoms. The van der Waals surface area contributed by atoms with Crippen LogP contribution in [0.2, 0.25) is 0 Å². The normalized spacial score (nSPS) is 26.6. The highest BCUT2D eigenvalue weighted by atomic mass is 16.5. The van der Waals surface area contributed by atoms with Crippen LogP contribution in [-0.2, 0) is 23.9 Å². The largest absolute Gasteiger partial charge is 0.469 e. The van der Waals surface area contributed by atoms with E-state index in [4.69, 9.17) is 9.47 Å². The van der Waals surface area contributed by atoms with E-state index >= 15 is 0 Å². The van der Waals surface area contributed by atoms with Crippen molar-refractivity contribution in [2.75, 3.05) is 27.3 Å². The number of ether oxygens (including phenoxy) is 2. The number of hydrogen-bond acceptors (Lipinski definition) is 5. The van der Waals surface area contributed by atoms with Crippen molar-refractivity contribution in [3.8, 4) is 0 Å². The Labute approximate surface area is 194 Å². The van der Waals surface area contributed by atoms with E-state index in [0.717, 1.165) is 70.8 Å². The highest BCUT2D eigenvalue weighted by molar-refractivity contribution is 5.86. The first kappa shape index (κ1) is 26.4. The minimum atomic E-state index is -0.336. The molecule has 0 aliphatic heterocycles. The Bertz CT molecular complexity index is 645. The molecule has 2 rings (SSSR count). The molecule has 1 unspecified atom stereocenters. The summed E-state index contributed by atoms with van der Waals surface area (Å²) in [6.45, 7) is 8.51. The first-order valence-electron chi connectivity index (χ1n) is 12.4. The van der Waals surface area contributed by atoms with Gasteiger partial charge in [0.2, 0.25) is 5.91 Å². The van der Waals surface area contributed by atoms with Crippen LogP contribution in [0.15, 0.2) is 12.2 Å². The molecule has 182 valence electrons. The van der Waals surface area contributed by atoms with Crippen LogP contribution in [0.4, 0.5) is 0 Å². The van der Waals surface area contributed by atoms with Gasteiger partial charge in [-0.2, -0.15) is 0 Å². The van der Waals surface area contributed by atoms with Crippen LogP contribution < -0.4 is 0 Å². The molecular weight excluding hydrogens is 406 g/mol. The van der Waals surface area contributed by atoms with Gasteiger partial charge in [-0.05, 0) is 88.9 Å². The Morgan fingerprint density at radius 3 is 1.97 bits per heavy atom. The van der Waals surface area contributed by atoms with E-state index in [0.29, 0.717) is 29.9 Å². The fourth-order valence-electron chi connectivity index (χ4n) is 5.29. The maximum Gasteiger partial charge on any atom is 0.333 e. The molecule has 0 aromatic heterocycles. The average Bonchev–Trinajstić information content (AvgIpc) is 2.81. The summed E-state index contributed by atoms with van der Waals surface area (Å²) in [6.07, 6.45) is 10.0. The molecule has 0 N–H and O–H groups in total. The second kappa shape index (κ2) is 13.0. The molecule has 2 fully saturated rings.